The van der Waals surface area contributed by atoms with Crippen molar-refractivity contribution in [3.05, 3.63) is 40.8 Å². The van der Waals surface area contributed by atoms with Crippen molar-refractivity contribution in [1.29, 1.82) is 0 Å². The van der Waals surface area contributed by atoms with Crippen LogP contribution in [-0.4, -0.2) is 15.9 Å². The van der Waals surface area contributed by atoms with Crippen LogP contribution in [0.5, 0.6) is 0 Å². The van der Waals surface area contributed by atoms with Crippen molar-refractivity contribution in [2.24, 2.45) is 0 Å². The van der Waals surface area contributed by atoms with Crippen molar-refractivity contribution in [3.8, 4) is 0 Å². The zero-order valence-electron chi connectivity index (χ0n) is 7.88. The van der Waals surface area contributed by atoms with Gasteiger partial charge < -0.3 is 0 Å². The maximum Gasteiger partial charge on any atom is 0.231 e. The van der Waals surface area contributed by atoms with E-state index in [-0.39, 0.29) is 5.91 Å². The van der Waals surface area contributed by atoms with Gasteiger partial charge >= 0.3 is 0 Å². The van der Waals surface area contributed by atoms with Gasteiger partial charge in [0.15, 0.2) is 0 Å². The van der Waals surface area contributed by atoms with E-state index in [1.54, 1.807) is 29.8 Å². The Morgan fingerprint density at radius 1 is 1.33 bits per heavy atom. The summed E-state index contributed by atoms with van der Waals surface area (Å²) in [7, 11) is 0. The van der Waals surface area contributed by atoms with Crippen molar-refractivity contribution in [3.63, 3.8) is 0 Å². The number of hydrogen-bond acceptors (Lipinski definition) is 4. The van der Waals surface area contributed by atoms with Crippen LogP contribution in [0.4, 0.5) is 5.95 Å². The molecule has 0 unspecified atom stereocenters. The normalized spacial score (nSPS) is 9.87. The zero-order chi connectivity index (χ0) is 10.5. The lowest BCUT2D eigenvalue weighted by Crippen LogP contribution is -2.15. The summed E-state index contributed by atoms with van der Waals surface area (Å²) in [5, 5.41) is 4.57. The molecule has 0 fully saturated rings. The first-order valence-electron chi connectivity index (χ1n) is 4.44. The topological polar surface area (TPSA) is 54.9 Å². The van der Waals surface area contributed by atoms with Crippen LogP contribution in [0.15, 0.2) is 36.0 Å². The number of rotatable bonds is 3. The van der Waals surface area contributed by atoms with Gasteiger partial charge in [-0.05, 0) is 17.5 Å². The van der Waals surface area contributed by atoms with Crippen LogP contribution in [0.25, 0.3) is 0 Å². The molecular formula is C10H9N3OS. The Morgan fingerprint density at radius 3 is 2.80 bits per heavy atom. The van der Waals surface area contributed by atoms with E-state index >= 15 is 0 Å². The Hall–Kier alpha value is -1.75. The predicted molar refractivity (Wildman–Crippen MR) is 58.7 cm³/mol. The molecule has 2 heterocycles. The van der Waals surface area contributed by atoms with Gasteiger partial charge in [0.1, 0.15) is 0 Å². The number of nitrogens with one attached hydrogen (secondary N) is 1. The van der Waals surface area contributed by atoms with Crippen LogP contribution in [0.1, 0.15) is 4.88 Å². The van der Waals surface area contributed by atoms with Gasteiger partial charge in [0.25, 0.3) is 0 Å². The Labute approximate surface area is 91.0 Å². The van der Waals surface area contributed by atoms with Crippen LogP contribution in [0.2, 0.25) is 0 Å². The van der Waals surface area contributed by atoms with Gasteiger partial charge in [0.2, 0.25) is 11.9 Å². The highest BCUT2D eigenvalue weighted by Gasteiger charge is 2.05. The second-order valence-corrected chi connectivity index (χ2v) is 3.91. The van der Waals surface area contributed by atoms with E-state index in [4.69, 9.17) is 0 Å². The van der Waals surface area contributed by atoms with Crippen LogP contribution in [-0.2, 0) is 11.2 Å². The molecule has 2 aromatic heterocycles. The second-order valence-electron chi connectivity index (χ2n) is 2.88. The summed E-state index contributed by atoms with van der Waals surface area (Å²) in [6.07, 6.45) is 3.55. The third kappa shape index (κ3) is 2.85. The van der Waals surface area contributed by atoms with Gasteiger partial charge in [-0.25, -0.2) is 9.97 Å². The van der Waals surface area contributed by atoms with Crippen molar-refractivity contribution in [2.45, 2.75) is 6.42 Å². The molecule has 4 nitrogen and oxygen atoms in total. The Morgan fingerprint density at radius 2 is 2.13 bits per heavy atom. The lowest BCUT2D eigenvalue weighted by atomic mass is 10.3. The smallest absolute Gasteiger partial charge is 0.231 e. The molecule has 0 aromatic carbocycles. The number of thiophene rings is 1. The van der Waals surface area contributed by atoms with Gasteiger partial charge in [0, 0.05) is 17.3 Å². The summed E-state index contributed by atoms with van der Waals surface area (Å²) >= 11 is 1.56. The zero-order valence-corrected chi connectivity index (χ0v) is 8.70. The fourth-order valence-corrected chi connectivity index (χ4v) is 1.81. The summed E-state index contributed by atoms with van der Waals surface area (Å²) in [6, 6.07) is 5.55. The highest BCUT2D eigenvalue weighted by atomic mass is 32.1. The van der Waals surface area contributed by atoms with Gasteiger partial charge in [-0.2, -0.15) is 0 Å². The summed E-state index contributed by atoms with van der Waals surface area (Å²) in [6.45, 7) is 0. The predicted octanol–water partition coefficient (Wildman–Crippen LogP) is 1.72. The van der Waals surface area contributed by atoms with Gasteiger partial charge in [-0.15, -0.1) is 11.3 Å². The van der Waals surface area contributed by atoms with Crippen molar-refractivity contribution in [1.82, 2.24) is 9.97 Å². The molecule has 0 radical (unpaired) electrons. The maximum atomic E-state index is 11.5. The largest absolute Gasteiger partial charge is 0.294 e. The molecule has 0 aliphatic carbocycles. The highest BCUT2D eigenvalue weighted by molar-refractivity contribution is 7.10. The number of carbonyl (C=O) groups excluding carboxylic acids is 1. The number of amides is 1. The molecule has 1 N–H and O–H groups in total. The lowest BCUT2D eigenvalue weighted by Gasteiger charge is -2.00. The number of nitrogens with zero attached hydrogens (tertiary/aromatic N) is 2. The number of carbonyl (C=O) groups is 1. The molecule has 0 bridgehead atoms. The minimum absolute atomic E-state index is 0.0938. The van der Waals surface area contributed by atoms with E-state index in [2.05, 4.69) is 15.3 Å². The number of aromatic nitrogens is 2. The van der Waals surface area contributed by atoms with E-state index in [1.807, 2.05) is 17.5 Å². The average molecular weight is 219 g/mol. The fourth-order valence-electron chi connectivity index (χ4n) is 1.10. The van der Waals surface area contributed by atoms with E-state index in [0.29, 0.717) is 12.4 Å². The van der Waals surface area contributed by atoms with Crippen LogP contribution in [0.3, 0.4) is 0 Å². The SMILES string of the molecule is O=C(Cc1cccs1)Nc1ncccn1. The summed E-state index contributed by atoms with van der Waals surface area (Å²) in [5.41, 5.74) is 0. The molecule has 5 heteroatoms. The maximum absolute atomic E-state index is 11.5. The molecule has 0 atom stereocenters. The third-order valence-electron chi connectivity index (χ3n) is 1.73. The molecule has 15 heavy (non-hydrogen) atoms. The lowest BCUT2D eigenvalue weighted by molar-refractivity contribution is -0.115. The molecule has 1 amide bonds. The van der Waals surface area contributed by atoms with Gasteiger partial charge in [-0.3, -0.25) is 10.1 Å². The van der Waals surface area contributed by atoms with Crippen LogP contribution < -0.4 is 5.32 Å². The van der Waals surface area contributed by atoms with Crippen molar-refractivity contribution < 1.29 is 4.79 Å². The molecule has 2 aromatic rings. The summed E-state index contributed by atoms with van der Waals surface area (Å²) in [5.74, 6) is 0.253. The molecular weight excluding hydrogens is 210 g/mol. The molecule has 0 saturated carbocycles. The summed E-state index contributed by atoms with van der Waals surface area (Å²) < 4.78 is 0. The van der Waals surface area contributed by atoms with E-state index in [9.17, 15) is 4.79 Å². The van der Waals surface area contributed by atoms with E-state index < -0.39 is 0 Å². The second kappa shape index (κ2) is 4.65. The fraction of sp³-hybridized carbons (Fsp3) is 0.100. The van der Waals surface area contributed by atoms with Crippen molar-refractivity contribution >= 4 is 23.2 Å². The number of hydrogen-bond donors (Lipinski definition) is 1. The highest BCUT2D eigenvalue weighted by Crippen LogP contribution is 2.09. The first kappa shape index (κ1) is 9.79. The van der Waals surface area contributed by atoms with E-state index in [0.717, 1.165) is 4.88 Å². The first-order valence-corrected chi connectivity index (χ1v) is 5.32. The minimum atomic E-state index is -0.0938. The number of anilines is 1. The van der Waals surface area contributed by atoms with Gasteiger partial charge in [0.05, 0.1) is 6.42 Å². The molecule has 0 aliphatic rings. The van der Waals surface area contributed by atoms with Crippen LogP contribution >= 0.6 is 11.3 Å². The quantitative estimate of drug-likeness (QED) is 0.855. The standard InChI is InChI=1S/C10H9N3OS/c14-9(7-8-3-1-6-15-8)13-10-11-4-2-5-12-10/h1-6H,7H2,(H,11,12,13,14). The van der Waals surface area contributed by atoms with Crippen LogP contribution in [0, 0.1) is 0 Å². The first-order chi connectivity index (χ1) is 7.34. The monoisotopic (exact) mass is 219 g/mol. The molecule has 2 rings (SSSR count). The Balaban J connectivity index is 1.94. The molecule has 0 aliphatic heterocycles. The third-order valence-corrected chi connectivity index (χ3v) is 2.61. The molecule has 76 valence electrons. The Bertz CT molecular complexity index is 427. The van der Waals surface area contributed by atoms with Crippen molar-refractivity contribution in [2.75, 3.05) is 5.32 Å². The van der Waals surface area contributed by atoms with Gasteiger partial charge in [-0.1, -0.05) is 6.07 Å². The minimum Gasteiger partial charge on any atom is -0.294 e. The summed E-state index contributed by atoms with van der Waals surface area (Å²) in [4.78, 5) is 20.3. The molecule has 0 saturated heterocycles. The molecule has 0 spiro atoms. The average Bonchev–Trinajstić information content (AvgIpc) is 2.71. The Kier molecular flexibility index (Phi) is 3.04. The van der Waals surface area contributed by atoms with E-state index in [1.165, 1.54) is 0 Å².